The number of likely N-dealkylation sites (N-methyl/N-ethyl adjacent to an activating group) is 1. The third-order valence-electron chi connectivity index (χ3n) is 7.20. The number of hydrogen-bond donors (Lipinski definition) is 1. The predicted octanol–water partition coefficient (Wildman–Crippen LogP) is 4.75. The van der Waals surface area contributed by atoms with Gasteiger partial charge in [-0.2, -0.15) is 0 Å². The van der Waals surface area contributed by atoms with Crippen molar-refractivity contribution in [2.24, 2.45) is 0 Å². The summed E-state index contributed by atoms with van der Waals surface area (Å²) in [5.41, 5.74) is 1.94. The van der Waals surface area contributed by atoms with Crippen molar-refractivity contribution in [3.05, 3.63) is 74.9 Å². The fourth-order valence-corrected chi connectivity index (χ4v) is 5.66. The van der Waals surface area contributed by atoms with E-state index < -0.39 is 12.0 Å². The number of nitrogens with one attached hydrogen (secondary N) is 1. The molecule has 0 aromatic heterocycles. The molecule has 4 rings (SSSR count). The number of urea groups is 1. The molecule has 0 bridgehead atoms. The van der Waals surface area contributed by atoms with Crippen molar-refractivity contribution >= 4 is 41.1 Å². The number of carbonyl (C=O) groups is 3. The van der Waals surface area contributed by atoms with Crippen molar-refractivity contribution < 1.29 is 23.9 Å². The number of halogens is 2. The van der Waals surface area contributed by atoms with Crippen LogP contribution in [0, 0.1) is 0 Å². The van der Waals surface area contributed by atoms with Gasteiger partial charge in [0.25, 0.3) is 5.91 Å². The highest BCUT2D eigenvalue weighted by molar-refractivity contribution is 6.42. The van der Waals surface area contributed by atoms with Gasteiger partial charge in [0.05, 0.1) is 35.4 Å². The number of rotatable bonds is 8. The standard InChI is InChI=1S/C29H34Cl2N4O5/c1-5-34-23(17-33-13-14-35(18(3)16-33)27(36)19-9-7-10-20(15-19)39-4)24(28(37)40-6-2)26(32-29(34)38)21-11-8-12-22(30)25(21)31/h7-12,15,18,26H,5-6,13-14,16-17H2,1-4H3,(H,32,38)/t18-,26-/m0/s1. The van der Waals surface area contributed by atoms with Crippen LogP contribution < -0.4 is 10.1 Å². The molecular formula is C29H34Cl2N4O5. The number of hydrogen-bond acceptors (Lipinski definition) is 6. The molecule has 2 aliphatic rings. The second kappa shape index (κ2) is 12.9. The topological polar surface area (TPSA) is 91.4 Å². The third-order valence-corrected chi connectivity index (χ3v) is 8.04. The summed E-state index contributed by atoms with van der Waals surface area (Å²) in [5.74, 6) is 0.0254. The van der Waals surface area contributed by atoms with Gasteiger partial charge in [-0.05, 0) is 50.6 Å². The number of amides is 3. The number of nitrogens with zero attached hydrogens (tertiary/aromatic N) is 3. The number of methoxy groups -OCH3 is 1. The van der Waals surface area contributed by atoms with E-state index in [1.165, 1.54) is 0 Å². The van der Waals surface area contributed by atoms with E-state index in [4.69, 9.17) is 32.7 Å². The molecule has 3 amide bonds. The van der Waals surface area contributed by atoms with Gasteiger partial charge >= 0.3 is 12.0 Å². The molecule has 1 saturated heterocycles. The van der Waals surface area contributed by atoms with Crippen molar-refractivity contribution in [2.75, 3.05) is 46.4 Å². The Morgan fingerprint density at radius 3 is 2.52 bits per heavy atom. The monoisotopic (exact) mass is 588 g/mol. The summed E-state index contributed by atoms with van der Waals surface area (Å²) >= 11 is 12.8. The summed E-state index contributed by atoms with van der Waals surface area (Å²) in [6.45, 7) is 8.01. The Morgan fingerprint density at radius 1 is 1.10 bits per heavy atom. The fourth-order valence-electron chi connectivity index (χ4n) is 5.25. The molecule has 0 spiro atoms. The van der Waals surface area contributed by atoms with Gasteiger partial charge in [-0.25, -0.2) is 9.59 Å². The maximum atomic E-state index is 13.4. The van der Waals surface area contributed by atoms with Gasteiger partial charge < -0.3 is 19.7 Å². The molecule has 40 heavy (non-hydrogen) atoms. The molecule has 2 aromatic rings. The van der Waals surface area contributed by atoms with Crippen LogP contribution in [0.4, 0.5) is 4.79 Å². The van der Waals surface area contributed by atoms with Crippen LogP contribution in [0.3, 0.4) is 0 Å². The SMILES string of the molecule is CCOC(=O)C1=C(CN2CCN(C(=O)c3cccc(OC)c3)[C@@H](C)C2)N(CC)C(=O)N[C@H]1c1cccc(Cl)c1Cl. The average Bonchev–Trinajstić information content (AvgIpc) is 2.94. The summed E-state index contributed by atoms with van der Waals surface area (Å²) < 4.78 is 10.7. The molecule has 1 N–H and O–H groups in total. The van der Waals surface area contributed by atoms with E-state index in [1.54, 1.807) is 61.4 Å². The molecule has 214 valence electrons. The number of benzene rings is 2. The van der Waals surface area contributed by atoms with Gasteiger partial charge in [0.1, 0.15) is 5.75 Å². The Bertz CT molecular complexity index is 1320. The average molecular weight is 590 g/mol. The quantitative estimate of drug-likeness (QED) is 0.447. The first-order chi connectivity index (χ1) is 19.2. The third kappa shape index (κ3) is 6.06. The summed E-state index contributed by atoms with van der Waals surface area (Å²) in [6.07, 6.45) is 0. The largest absolute Gasteiger partial charge is 0.497 e. The van der Waals surface area contributed by atoms with Crippen molar-refractivity contribution in [1.29, 1.82) is 0 Å². The Hall–Kier alpha value is -3.27. The number of carbonyl (C=O) groups excluding carboxylic acids is 3. The van der Waals surface area contributed by atoms with Gasteiger partial charge in [-0.1, -0.05) is 41.4 Å². The van der Waals surface area contributed by atoms with Gasteiger partial charge in [-0.15, -0.1) is 0 Å². The van der Waals surface area contributed by atoms with Gasteiger partial charge in [0.15, 0.2) is 0 Å². The number of esters is 1. The molecule has 2 aliphatic heterocycles. The fraction of sp³-hybridized carbons (Fsp3) is 0.414. The second-order valence-electron chi connectivity index (χ2n) is 9.67. The van der Waals surface area contributed by atoms with Crippen molar-refractivity contribution in [2.45, 2.75) is 32.9 Å². The predicted molar refractivity (Wildman–Crippen MR) is 154 cm³/mol. The molecule has 1 fully saturated rings. The lowest BCUT2D eigenvalue weighted by Crippen LogP contribution is -2.56. The van der Waals surface area contributed by atoms with Crippen LogP contribution in [0.1, 0.15) is 42.7 Å². The van der Waals surface area contributed by atoms with Crippen molar-refractivity contribution in [3.63, 3.8) is 0 Å². The summed E-state index contributed by atoms with van der Waals surface area (Å²) in [4.78, 5) is 45.5. The zero-order valence-electron chi connectivity index (χ0n) is 23.1. The molecule has 0 saturated carbocycles. The first-order valence-corrected chi connectivity index (χ1v) is 14.0. The van der Waals surface area contributed by atoms with E-state index in [1.807, 2.05) is 18.7 Å². The Labute approximate surface area is 244 Å². The zero-order valence-corrected chi connectivity index (χ0v) is 24.6. The Morgan fingerprint density at radius 2 is 1.85 bits per heavy atom. The minimum atomic E-state index is -0.830. The Kier molecular flexibility index (Phi) is 9.60. The van der Waals surface area contributed by atoms with Gasteiger partial charge in [0, 0.05) is 50.0 Å². The lowest BCUT2D eigenvalue weighted by Gasteiger charge is -2.43. The van der Waals surface area contributed by atoms with Gasteiger partial charge in [-0.3, -0.25) is 14.6 Å². The lowest BCUT2D eigenvalue weighted by molar-refractivity contribution is -0.139. The minimum Gasteiger partial charge on any atom is -0.497 e. The highest BCUT2D eigenvalue weighted by Gasteiger charge is 2.40. The first kappa shape index (κ1) is 29.7. The molecule has 0 unspecified atom stereocenters. The number of ether oxygens (including phenoxy) is 2. The van der Waals surface area contributed by atoms with Crippen LogP contribution in [-0.2, 0) is 9.53 Å². The van der Waals surface area contributed by atoms with E-state index in [2.05, 4.69) is 10.2 Å². The van der Waals surface area contributed by atoms with Crippen LogP contribution in [0.2, 0.25) is 10.0 Å². The van der Waals surface area contributed by atoms with Crippen LogP contribution in [0.25, 0.3) is 0 Å². The maximum Gasteiger partial charge on any atom is 0.338 e. The van der Waals surface area contributed by atoms with E-state index in [-0.39, 0.29) is 29.6 Å². The summed E-state index contributed by atoms with van der Waals surface area (Å²) in [6, 6.07) is 11.0. The highest BCUT2D eigenvalue weighted by atomic mass is 35.5. The zero-order chi connectivity index (χ0) is 29.0. The Balaban J connectivity index is 1.64. The molecular weight excluding hydrogens is 555 g/mol. The summed E-state index contributed by atoms with van der Waals surface area (Å²) in [5, 5.41) is 3.50. The van der Waals surface area contributed by atoms with Crippen LogP contribution in [0.15, 0.2) is 53.7 Å². The lowest BCUT2D eigenvalue weighted by atomic mass is 9.93. The van der Waals surface area contributed by atoms with Crippen molar-refractivity contribution in [3.8, 4) is 5.75 Å². The van der Waals surface area contributed by atoms with Crippen LogP contribution in [0.5, 0.6) is 5.75 Å². The van der Waals surface area contributed by atoms with Crippen molar-refractivity contribution in [1.82, 2.24) is 20.0 Å². The highest BCUT2D eigenvalue weighted by Crippen LogP contribution is 2.38. The van der Waals surface area contributed by atoms with E-state index in [9.17, 15) is 14.4 Å². The maximum absolute atomic E-state index is 13.4. The molecule has 2 atom stereocenters. The van der Waals surface area contributed by atoms with E-state index >= 15 is 0 Å². The smallest absolute Gasteiger partial charge is 0.338 e. The normalized spacial score (nSPS) is 19.9. The first-order valence-electron chi connectivity index (χ1n) is 13.3. The van der Waals surface area contributed by atoms with Gasteiger partial charge in [0.2, 0.25) is 0 Å². The molecule has 0 aliphatic carbocycles. The minimum absolute atomic E-state index is 0.0691. The molecule has 2 aromatic carbocycles. The molecule has 11 heteroatoms. The summed E-state index contributed by atoms with van der Waals surface area (Å²) in [7, 11) is 1.57. The van der Waals surface area contributed by atoms with E-state index in [0.29, 0.717) is 65.9 Å². The molecule has 2 heterocycles. The van der Waals surface area contributed by atoms with Crippen LogP contribution in [-0.4, -0.2) is 85.1 Å². The van der Waals surface area contributed by atoms with Crippen LogP contribution >= 0.6 is 23.2 Å². The van der Waals surface area contributed by atoms with E-state index in [0.717, 1.165) is 0 Å². The second-order valence-corrected chi connectivity index (χ2v) is 10.5. The molecule has 9 nitrogen and oxygen atoms in total. The molecule has 0 radical (unpaired) electrons. The number of piperazine rings is 1.